The summed E-state index contributed by atoms with van der Waals surface area (Å²) in [5.74, 6) is -2.20. The van der Waals surface area contributed by atoms with Crippen LogP contribution in [0.15, 0.2) is 35.6 Å². The Bertz CT molecular complexity index is 1260. The Labute approximate surface area is 193 Å². The summed E-state index contributed by atoms with van der Waals surface area (Å²) in [6, 6.07) is 7.29. The Morgan fingerprint density at radius 2 is 2.03 bits per heavy atom. The molecular formula is C21H19ClF3N4O3S+. The highest BCUT2D eigenvalue weighted by Crippen LogP contribution is 2.38. The highest BCUT2D eigenvalue weighted by atomic mass is 35.5. The fourth-order valence-corrected chi connectivity index (χ4v) is 4.25. The van der Waals surface area contributed by atoms with Gasteiger partial charge in [-0.15, -0.1) is 8.42 Å². The first-order chi connectivity index (χ1) is 15.7. The van der Waals surface area contributed by atoms with E-state index >= 15 is 0 Å². The van der Waals surface area contributed by atoms with E-state index in [-0.39, 0.29) is 47.1 Å². The second-order valence-electron chi connectivity index (χ2n) is 7.61. The topological polar surface area (TPSA) is 76.2 Å². The summed E-state index contributed by atoms with van der Waals surface area (Å²) < 4.78 is 69.8. The van der Waals surface area contributed by atoms with Crippen molar-refractivity contribution in [2.45, 2.75) is 25.6 Å². The summed E-state index contributed by atoms with van der Waals surface area (Å²) in [5, 5.41) is 4.20. The van der Waals surface area contributed by atoms with Crippen molar-refractivity contribution in [2.24, 2.45) is 11.1 Å². The summed E-state index contributed by atoms with van der Waals surface area (Å²) in [6.07, 6.45) is -0.661. The van der Waals surface area contributed by atoms with E-state index in [1.54, 1.807) is 4.90 Å². The van der Waals surface area contributed by atoms with Gasteiger partial charge in [0, 0.05) is 18.3 Å². The molecular weight excluding hydrogens is 481 g/mol. The molecule has 0 N–H and O–H groups in total. The molecule has 3 atom stereocenters. The van der Waals surface area contributed by atoms with E-state index < -0.39 is 39.9 Å². The van der Waals surface area contributed by atoms with Crippen molar-refractivity contribution in [2.75, 3.05) is 18.8 Å². The summed E-state index contributed by atoms with van der Waals surface area (Å²) in [4.78, 5) is 11.3. The molecule has 1 fully saturated rings. The molecule has 7 nitrogen and oxygen atoms in total. The lowest BCUT2D eigenvalue weighted by molar-refractivity contribution is 0.0828. The number of hydrogen-bond donors (Lipinski definition) is 0. The van der Waals surface area contributed by atoms with Gasteiger partial charge in [0.2, 0.25) is 0 Å². The number of oxime groups is 1. The third-order valence-corrected chi connectivity index (χ3v) is 6.73. The van der Waals surface area contributed by atoms with Crippen LogP contribution in [0.4, 0.5) is 13.2 Å². The summed E-state index contributed by atoms with van der Waals surface area (Å²) >= 11 is 6.03. The van der Waals surface area contributed by atoms with E-state index in [2.05, 4.69) is 20.5 Å². The van der Waals surface area contributed by atoms with E-state index in [1.807, 2.05) is 0 Å². The van der Waals surface area contributed by atoms with Gasteiger partial charge in [0.15, 0.2) is 6.10 Å². The van der Waals surface area contributed by atoms with Gasteiger partial charge in [-0.3, -0.25) is 4.98 Å². The van der Waals surface area contributed by atoms with Crippen molar-refractivity contribution in [1.82, 2.24) is 9.88 Å². The van der Waals surface area contributed by atoms with Crippen LogP contribution in [-0.2, 0) is 14.9 Å². The fourth-order valence-electron chi connectivity index (χ4n) is 3.67. The first-order valence-corrected chi connectivity index (χ1v) is 12.1. The summed E-state index contributed by atoms with van der Waals surface area (Å²) in [6.45, 7) is 1.50. The highest BCUT2D eigenvalue weighted by molar-refractivity contribution is 7.93. The number of alkyl halides is 1. The quantitative estimate of drug-likeness (QED) is 0.625. The summed E-state index contributed by atoms with van der Waals surface area (Å²) in [7, 11) is -3.66. The Morgan fingerprint density at radius 3 is 2.73 bits per heavy atom. The monoisotopic (exact) mass is 499 g/mol. The van der Waals surface area contributed by atoms with Gasteiger partial charge >= 0.3 is 16.1 Å². The van der Waals surface area contributed by atoms with Crippen molar-refractivity contribution in [3.05, 3.63) is 57.1 Å². The Hall–Kier alpha value is -2.84. The number of hydrogen-bond acceptors (Lipinski definition) is 6. The van der Waals surface area contributed by atoms with E-state index in [4.69, 9.17) is 16.4 Å². The van der Waals surface area contributed by atoms with E-state index in [1.165, 1.54) is 25.3 Å². The van der Waals surface area contributed by atoms with Gasteiger partial charge in [0.05, 0.1) is 33.5 Å². The van der Waals surface area contributed by atoms with E-state index in [0.717, 1.165) is 12.1 Å². The van der Waals surface area contributed by atoms with Crippen molar-refractivity contribution in [3.63, 3.8) is 0 Å². The third kappa shape index (κ3) is 4.91. The molecule has 33 heavy (non-hydrogen) atoms. The maximum atomic E-state index is 14.4. The number of aromatic nitrogens is 1. The Balaban J connectivity index is 1.55. The van der Waals surface area contributed by atoms with Crippen molar-refractivity contribution in [1.29, 1.82) is 0 Å². The zero-order valence-corrected chi connectivity index (χ0v) is 19.0. The Morgan fingerprint density at radius 1 is 1.30 bits per heavy atom. The maximum Gasteiger partial charge on any atom is 0.478 e. The van der Waals surface area contributed by atoms with Crippen LogP contribution in [-0.4, -0.2) is 49.2 Å². The molecule has 2 aliphatic rings. The molecule has 2 unspecified atom stereocenters. The van der Waals surface area contributed by atoms with Crippen LogP contribution < -0.4 is 0 Å². The van der Waals surface area contributed by atoms with Crippen LogP contribution in [0, 0.1) is 23.6 Å². The molecule has 0 spiro atoms. The van der Waals surface area contributed by atoms with Crippen LogP contribution in [0.3, 0.4) is 0 Å². The van der Waals surface area contributed by atoms with Gasteiger partial charge in [-0.05, 0) is 25.1 Å². The average Bonchev–Trinajstić information content (AvgIpc) is 3.39. The molecule has 0 radical (unpaired) electrons. The van der Waals surface area contributed by atoms with Gasteiger partial charge in [-0.25, -0.2) is 13.2 Å². The standard InChI is InChI=1S/C21H19ClF3N4O3S/c1-2-33(30,31)27-8-12-10-29(11-17(12)25)19-7-18(32-28-19)21-14(6-13(22)9-26-21)20-15(23)4-3-5-16(20)24/h3-6,9,12,17-18H,2,7,10-11H2,1H3/q+1/t12?,17-,18?/m0/s1. The fraction of sp³-hybridized carbons (Fsp3) is 0.381. The lowest BCUT2D eigenvalue weighted by atomic mass is 9.98. The van der Waals surface area contributed by atoms with Crippen LogP contribution in [0.1, 0.15) is 25.1 Å². The van der Waals surface area contributed by atoms with Crippen molar-refractivity contribution < 1.29 is 26.4 Å². The number of rotatable bonds is 3. The molecule has 1 aromatic heterocycles. The number of amidine groups is 1. The lowest BCUT2D eigenvalue weighted by Crippen LogP contribution is -2.28. The largest absolute Gasteiger partial charge is 0.478 e. The second kappa shape index (κ2) is 9.19. The van der Waals surface area contributed by atoms with Gasteiger partial charge in [-0.2, -0.15) is 0 Å². The van der Waals surface area contributed by atoms with E-state index in [0.29, 0.717) is 5.84 Å². The molecule has 1 aromatic carbocycles. The van der Waals surface area contributed by atoms with Crippen LogP contribution in [0.25, 0.3) is 15.4 Å². The maximum absolute atomic E-state index is 14.4. The predicted octanol–water partition coefficient (Wildman–Crippen LogP) is 4.41. The molecule has 12 heteroatoms. The molecule has 1 saturated heterocycles. The van der Waals surface area contributed by atoms with Gasteiger partial charge < -0.3 is 9.74 Å². The number of nitrogens with zero attached hydrogens (tertiary/aromatic N) is 4. The molecule has 0 amide bonds. The smallest absolute Gasteiger partial charge is 0.384 e. The lowest BCUT2D eigenvalue weighted by Gasteiger charge is -2.17. The van der Waals surface area contributed by atoms with Gasteiger partial charge in [0.1, 0.15) is 35.3 Å². The minimum atomic E-state index is -3.66. The highest BCUT2D eigenvalue weighted by Gasteiger charge is 2.41. The van der Waals surface area contributed by atoms with Crippen molar-refractivity contribution in [3.8, 4) is 17.2 Å². The van der Waals surface area contributed by atoms with Gasteiger partial charge in [0.25, 0.3) is 0 Å². The average molecular weight is 500 g/mol. The molecule has 2 aliphatic heterocycles. The third-order valence-electron chi connectivity index (χ3n) is 5.41. The zero-order chi connectivity index (χ0) is 23.8. The van der Waals surface area contributed by atoms with Crippen LogP contribution >= 0.6 is 11.6 Å². The second-order valence-corrected chi connectivity index (χ2v) is 9.97. The molecule has 3 heterocycles. The normalized spacial score (nSPS) is 22.5. The number of benzene rings is 1. The number of sulfonamides is 1. The molecule has 2 aromatic rings. The molecule has 0 bridgehead atoms. The number of likely N-dealkylation sites (tertiary alicyclic amines) is 1. The Kier molecular flexibility index (Phi) is 6.50. The first kappa shape index (κ1) is 23.3. The summed E-state index contributed by atoms with van der Waals surface area (Å²) in [5.41, 5.74) is 0.0804. The van der Waals surface area contributed by atoms with Gasteiger partial charge in [-0.1, -0.05) is 22.8 Å². The zero-order valence-electron chi connectivity index (χ0n) is 17.4. The SMILES string of the molecule is CCS(=O)(=O)[N+]#CC1CN(C2=NOC(c3ncc(Cl)cc3-c3c(F)cccc3F)C2)C[C@@H]1F. The number of pyridine rings is 1. The predicted molar refractivity (Wildman–Crippen MR) is 117 cm³/mol. The number of halogens is 4. The van der Waals surface area contributed by atoms with E-state index in [9.17, 15) is 21.6 Å². The minimum Gasteiger partial charge on any atom is -0.384 e. The van der Waals surface area contributed by atoms with Crippen LogP contribution in [0.2, 0.25) is 5.02 Å². The van der Waals surface area contributed by atoms with Crippen LogP contribution in [0.5, 0.6) is 0 Å². The molecule has 0 saturated carbocycles. The molecule has 0 aliphatic carbocycles. The first-order valence-electron chi connectivity index (χ1n) is 10.1. The van der Waals surface area contributed by atoms with Crippen molar-refractivity contribution >= 4 is 27.5 Å². The molecule has 174 valence electrons. The molecule has 4 rings (SSSR count). The minimum absolute atomic E-state index is 0.0445.